The number of hydrogen-bond donors (Lipinski definition) is 1. The van der Waals surface area contributed by atoms with Gasteiger partial charge in [0.15, 0.2) is 0 Å². The van der Waals surface area contributed by atoms with Crippen LogP contribution in [0.5, 0.6) is 5.75 Å². The standard InChI is InChI=1S/C18H20F3N3O5S2/c19-18(20,21)31(27,28)29-14-9-12-3-6-22-11-16(12)17(10-14)23-13-4-7-24(8-5-13)30(25,26)15-1-2-15/h3,6,9-11,13,15,23H,1-2,4-5,7-8H2. The van der Waals surface area contributed by atoms with Crippen LogP contribution >= 0.6 is 0 Å². The molecule has 4 rings (SSSR count). The molecule has 1 aliphatic carbocycles. The first-order valence-electron chi connectivity index (χ1n) is 9.61. The summed E-state index contributed by atoms with van der Waals surface area (Å²) in [5.41, 5.74) is -5.19. The Bertz CT molecular complexity index is 1190. The predicted octanol–water partition coefficient (Wildman–Crippen LogP) is 2.83. The number of nitrogens with zero attached hydrogens (tertiary/aromatic N) is 2. The van der Waals surface area contributed by atoms with Gasteiger partial charge < -0.3 is 9.50 Å². The number of pyridine rings is 1. The van der Waals surface area contributed by atoms with Gasteiger partial charge in [0.2, 0.25) is 10.0 Å². The molecular formula is C18H20F3N3O5S2. The highest BCUT2D eigenvalue weighted by atomic mass is 32.2. The summed E-state index contributed by atoms with van der Waals surface area (Å²) in [5.74, 6) is -0.479. The molecule has 1 saturated carbocycles. The highest BCUT2D eigenvalue weighted by Gasteiger charge is 2.48. The van der Waals surface area contributed by atoms with E-state index in [1.54, 1.807) is 0 Å². The summed E-state index contributed by atoms with van der Waals surface area (Å²) in [6.07, 6.45) is 5.31. The van der Waals surface area contributed by atoms with Crippen molar-refractivity contribution in [3.05, 3.63) is 30.6 Å². The van der Waals surface area contributed by atoms with E-state index in [1.165, 1.54) is 34.9 Å². The minimum atomic E-state index is -5.81. The van der Waals surface area contributed by atoms with Crippen LogP contribution in [0.3, 0.4) is 0 Å². The molecule has 2 aliphatic rings. The number of hydrogen-bond acceptors (Lipinski definition) is 7. The molecule has 0 radical (unpaired) electrons. The summed E-state index contributed by atoms with van der Waals surface area (Å²) in [4.78, 5) is 4.01. The largest absolute Gasteiger partial charge is 0.534 e. The Labute approximate surface area is 177 Å². The monoisotopic (exact) mass is 479 g/mol. The second-order valence-corrected chi connectivity index (χ2v) is 11.4. The number of fused-ring (bicyclic) bond motifs is 1. The zero-order chi connectivity index (χ0) is 22.4. The van der Waals surface area contributed by atoms with Crippen LogP contribution in [0.25, 0.3) is 10.8 Å². The number of halogens is 3. The number of alkyl halides is 3. The number of benzene rings is 1. The average molecular weight is 480 g/mol. The molecule has 0 amide bonds. The number of aromatic nitrogens is 1. The van der Waals surface area contributed by atoms with Crippen molar-refractivity contribution >= 4 is 36.6 Å². The number of rotatable bonds is 6. The van der Waals surface area contributed by atoms with Crippen LogP contribution in [0.4, 0.5) is 18.9 Å². The summed E-state index contributed by atoms with van der Waals surface area (Å²) in [7, 11) is -9.07. The first-order valence-corrected chi connectivity index (χ1v) is 12.5. The molecule has 0 bridgehead atoms. The lowest BCUT2D eigenvalue weighted by atomic mass is 10.0. The second kappa shape index (κ2) is 7.78. The van der Waals surface area contributed by atoms with E-state index in [4.69, 9.17) is 0 Å². The van der Waals surface area contributed by atoms with Gasteiger partial charge in [0, 0.05) is 48.7 Å². The van der Waals surface area contributed by atoms with Crippen LogP contribution in [0.2, 0.25) is 0 Å². The van der Waals surface area contributed by atoms with Crippen molar-refractivity contribution in [2.24, 2.45) is 0 Å². The molecule has 1 aromatic heterocycles. The van der Waals surface area contributed by atoms with E-state index >= 15 is 0 Å². The van der Waals surface area contributed by atoms with Crippen molar-refractivity contribution in [3.63, 3.8) is 0 Å². The molecule has 2 fully saturated rings. The van der Waals surface area contributed by atoms with Gasteiger partial charge in [-0.25, -0.2) is 12.7 Å². The van der Waals surface area contributed by atoms with E-state index in [-0.39, 0.29) is 11.3 Å². The zero-order valence-electron chi connectivity index (χ0n) is 16.2. The topological polar surface area (TPSA) is 106 Å². The van der Waals surface area contributed by atoms with Gasteiger partial charge >= 0.3 is 15.6 Å². The quantitative estimate of drug-likeness (QED) is 0.502. The zero-order valence-corrected chi connectivity index (χ0v) is 17.8. The van der Waals surface area contributed by atoms with Crippen molar-refractivity contribution in [2.75, 3.05) is 18.4 Å². The van der Waals surface area contributed by atoms with Gasteiger partial charge in [-0.1, -0.05) is 0 Å². The van der Waals surface area contributed by atoms with Crippen LogP contribution in [-0.2, 0) is 20.1 Å². The second-order valence-electron chi connectivity index (χ2n) is 7.61. The highest BCUT2D eigenvalue weighted by molar-refractivity contribution is 7.90. The van der Waals surface area contributed by atoms with Crippen molar-refractivity contribution in [3.8, 4) is 5.75 Å². The van der Waals surface area contributed by atoms with Gasteiger partial charge in [0.25, 0.3) is 0 Å². The average Bonchev–Trinajstić information content (AvgIpc) is 3.53. The van der Waals surface area contributed by atoms with E-state index in [0.29, 0.717) is 55.2 Å². The Morgan fingerprint density at radius 1 is 1.06 bits per heavy atom. The lowest BCUT2D eigenvalue weighted by Crippen LogP contribution is -2.43. The van der Waals surface area contributed by atoms with Crippen molar-refractivity contribution in [1.82, 2.24) is 9.29 Å². The van der Waals surface area contributed by atoms with Crippen LogP contribution in [0.1, 0.15) is 25.7 Å². The molecule has 1 N–H and O–H groups in total. The highest BCUT2D eigenvalue weighted by Crippen LogP contribution is 2.35. The van der Waals surface area contributed by atoms with Gasteiger partial charge in [0.05, 0.1) is 5.25 Å². The normalized spacial score (nSPS) is 19.5. The van der Waals surface area contributed by atoms with Crippen LogP contribution in [0.15, 0.2) is 30.6 Å². The molecule has 13 heteroatoms. The molecule has 0 unspecified atom stereocenters. The number of anilines is 1. The Balaban J connectivity index is 1.55. The minimum Gasteiger partial charge on any atom is -0.382 e. The number of sulfonamides is 1. The first-order chi connectivity index (χ1) is 14.5. The van der Waals surface area contributed by atoms with Crippen LogP contribution < -0.4 is 9.50 Å². The lowest BCUT2D eigenvalue weighted by Gasteiger charge is -2.32. The molecule has 2 aromatic rings. The van der Waals surface area contributed by atoms with Gasteiger partial charge in [0.1, 0.15) is 5.75 Å². The summed E-state index contributed by atoms with van der Waals surface area (Å²) in [6, 6.07) is 3.75. The van der Waals surface area contributed by atoms with Gasteiger partial charge in [-0.15, -0.1) is 0 Å². The van der Waals surface area contributed by atoms with Crippen LogP contribution in [0, 0.1) is 0 Å². The molecule has 0 atom stereocenters. The Hall–Kier alpha value is -2.12. The van der Waals surface area contributed by atoms with Crippen molar-refractivity contribution in [2.45, 2.75) is 42.5 Å². The number of nitrogens with one attached hydrogen (secondary N) is 1. The molecular weight excluding hydrogens is 459 g/mol. The van der Waals surface area contributed by atoms with Crippen LogP contribution in [-0.4, -0.2) is 56.0 Å². The van der Waals surface area contributed by atoms with E-state index in [9.17, 15) is 30.0 Å². The van der Waals surface area contributed by atoms with Gasteiger partial charge in [-0.3, -0.25) is 4.98 Å². The molecule has 2 heterocycles. The SMILES string of the molecule is O=S(=O)(C1CC1)N1CCC(Nc2cc(OS(=O)(=O)C(F)(F)F)cc3ccncc23)CC1. The third kappa shape index (κ3) is 4.58. The lowest BCUT2D eigenvalue weighted by molar-refractivity contribution is -0.0500. The fourth-order valence-electron chi connectivity index (χ4n) is 3.56. The maximum atomic E-state index is 12.7. The third-order valence-electron chi connectivity index (χ3n) is 5.34. The molecule has 1 aliphatic heterocycles. The third-order valence-corrected chi connectivity index (χ3v) is 8.72. The molecule has 0 spiro atoms. The molecule has 31 heavy (non-hydrogen) atoms. The summed E-state index contributed by atoms with van der Waals surface area (Å²) < 4.78 is 91.5. The molecule has 8 nitrogen and oxygen atoms in total. The van der Waals surface area contributed by atoms with E-state index in [2.05, 4.69) is 14.5 Å². The van der Waals surface area contributed by atoms with Crippen molar-refractivity contribution < 1.29 is 34.2 Å². The van der Waals surface area contributed by atoms with E-state index in [1.807, 2.05) is 0 Å². The van der Waals surface area contributed by atoms with E-state index in [0.717, 1.165) is 0 Å². The Kier molecular flexibility index (Phi) is 5.54. The molecule has 1 saturated heterocycles. The summed E-state index contributed by atoms with van der Waals surface area (Å²) >= 11 is 0. The maximum Gasteiger partial charge on any atom is 0.534 e. The first kappa shape index (κ1) is 22.1. The Morgan fingerprint density at radius 2 is 1.74 bits per heavy atom. The smallest absolute Gasteiger partial charge is 0.382 e. The number of piperidine rings is 1. The van der Waals surface area contributed by atoms with E-state index < -0.39 is 31.4 Å². The van der Waals surface area contributed by atoms with Gasteiger partial charge in [-0.2, -0.15) is 21.6 Å². The fraction of sp³-hybridized carbons (Fsp3) is 0.500. The van der Waals surface area contributed by atoms with Gasteiger partial charge in [-0.05, 0) is 43.2 Å². The molecule has 1 aromatic carbocycles. The maximum absolute atomic E-state index is 12.7. The Morgan fingerprint density at radius 3 is 2.35 bits per heavy atom. The summed E-state index contributed by atoms with van der Waals surface area (Å²) in [5, 5.41) is 3.93. The predicted molar refractivity (Wildman–Crippen MR) is 108 cm³/mol. The van der Waals surface area contributed by atoms with Crippen molar-refractivity contribution in [1.29, 1.82) is 0 Å². The minimum absolute atomic E-state index is 0.150. The summed E-state index contributed by atoms with van der Waals surface area (Å²) in [6.45, 7) is 0.677. The molecule has 170 valence electrons. The fourth-order valence-corrected chi connectivity index (χ4v) is 5.88.